The van der Waals surface area contributed by atoms with E-state index in [9.17, 15) is 0 Å². The summed E-state index contributed by atoms with van der Waals surface area (Å²) in [7, 11) is 1.99. The van der Waals surface area contributed by atoms with Gasteiger partial charge in [-0.15, -0.1) is 0 Å². The van der Waals surface area contributed by atoms with Gasteiger partial charge in [-0.3, -0.25) is 4.68 Å². The van der Waals surface area contributed by atoms with Gasteiger partial charge in [0, 0.05) is 38.0 Å². The molecule has 0 radical (unpaired) electrons. The Bertz CT molecular complexity index is 398. The van der Waals surface area contributed by atoms with Crippen molar-refractivity contribution in [2.45, 2.75) is 58.2 Å². The molecule has 0 aliphatic carbocycles. The summed E-state index contributed by atoms with van der Waals surface area (Å²) in [5, 5.41) is 8.12. The van der Waals surface area contributed by atoms with Crippen LogP contribution in [0.5, 0.6) is 0 Å². The lowest BCUT2D eigenvalue weighted by Gasteiger charge is -2.36. The number of ether oxygens (including phenoxy) is 1. The van der Waals surface area contributed by atoms with Gasteiger partial charge in [-0.25, -0.2) is 0 Å². The Morgan fingerprint density at radius 1 is 1.56 bits per heavy atom. The Kier molecular flexibility index (Phi) is 4.07. The quantitative estimate of drug-likeness (QED) is 0.890. The summed E-state index contributed by atoms with van der Waals surface area (Å²) in [4.78, 5) is 0. The summed E-state index contributed by atoms with van der Waals surface area (Å²) >= 11 is 0. The molecule has 1 saturated heterocycles. The van der Waals surface area contributed by atoms with Crippen molar-refractivity contribution in [2.24, 2.45) is 7.05 Å². The van der Waals surface area contributed by atoms with Gasteiger partial charge in [0.15, 0.2) is 0 Å². The zero-order chi connectivity index (χ0) is 13.2. The molecule has 18 heavy (non-hydrogen) atoms. The van der Waals surface area contributed by atoms with E-state index in [2.05, 4.69) is 37.4 Å². The Hall–Kier alpha value is -0.870. The monoisotopic (exact) mass is 251 g/mol. The number of aryl methyl sites for hydroxylation is 2. The molecular weight excluding hydrogens is 226 g/mol. The first kappa shape index (κ1) is 13.6. The van der Waals surface area contributed by atoms with E-state index in [1.54, 1.807) is 0 Å². The molecule has 0 spiro atoms. The molecule has 102 valence electrons. The van der Waals surface area contributed by atoms with Crippen molar-refractivity contribution >= 4 is 0 Å². The van der Waals surface area contributed by atoms with Crippen molar-refractivity contribution in [2.75, 3.05) is 6.61 Å². The third kappa shape index (κ3) is 3.33. The Balaban J connectivity index is 1.91. The molecule has 2 heterocycles. The smallest absolute Gasteiger partial charge is 0.0666 e. The Labute approximate surface area is 110 Å². The van der Waals surface area contributed by atoms with Gasteiger partial charge in [-0.1, -0.05) is 6.92 Å². The fraction of sp³-hybridized carbons (Fsp3) is 0.786. The first-order valence-corrected chi connectivity index (χ1v) is 6.89. The van der Waals surface area contributed by atoms with Crippen LogP contribution in [-0.2, 0) is 24.8 Å². The van der Waals surface area contributed by atoms with Gasteiger partial charge < -0.3 is 10.1 Å². The van der Waals surface area contributed by atoms with Crippen LogP contribution in [0.25, 0.3) is 0 Å². The van der Waals surface area contributed by atoms with Gasteiger partial charge >= 0.3 is 0 Å². The van der Waals surface area contributed by atoms with Crippen LogP contribution in [0.3, 0.4) is 0 Å². The van der Waals surface area contributed by atoms with Gasteiger partial charge in [-0.05, 0) is 33.1 Å². The molecule has 2 rings (SSSR count). The minimum absolute atomic E-state index is 0.0123. The maximum absolute atomic E-state index is 5.74. The second-order valence-corrected chi connectivity index (χ2v) is 5.81. The summed E-state index contributed by atoms with van der Waals surface area (Å²) in [6.07, 6.45) is 5.30. The second-order valence-electron chi connectivity index (χ2n) is 5.81. The highest BCUT2D eigenvalue weighted by Crippen LogP contribution is 2.24. The van der Waals surface area contributed by atoms with Crippen molar-refractivity contribution < 1.29 is 4.74 Å². The number of hydrogen-bond donors (Lipinski definition) is 1. The predicted molar refractivity (Wildman–Crippen MR) is 72.5 cm³/mol. The third-order valence-electron chi connectivity index (χ3n) is 3.60. The lowest BCUT2D eigenvalue weighted by atomic mass is 9.94. The number of rotatable bonds is 4. The highest BCUT2D eigenvalue weighted by atomic mass is 16.5. The van der Waals surface area contributed by atoms with Crippen molar-refractivity contribution in [3.63, 3.8) is 0 Å². The molecular formula is C14H25N3O. The molecule has 0 aromatic carbocycles. The predicted octanol–water partition coefficient (Wildman–Crippen LogP) is 2.03. The van der Waals surface area contributed by atoms with E-state index in [1.807, 2.05) is 11.7 Å². The molecule has 1 aromatic heterocycles. The molecule has 4 nitrogen and oxygen atoms in total. The summed E-state index contributed by atoms with van der Waals surface area (Å²) in [5.41, 5.74) is 2.54. The maximum Gasteiger partial charge on any atom is 0.0666 e. The van der Waals surface area contributed by atoms with E-state index in [-0.39, 0.29) is 5.60 Å². The van der Waals surface area contributed by atoms with Crippen LogP contribution in [-0.4, -0.2) is 28.0 Å². The molecule has 1 fully saturated rings. The summed E-state index contributed by atoms with van der Waals surface area (Å²) in [5.74, 6) is 0. The fourth-order valence-electron chi connectivity index (χ4n) is 2.69. The fourth-order valence-corrected chi connectivity index (χ4v) is 2.69. The minimum atomic E-state index is 0.0123. The zero-order valence-corrected chi connectivity index (χ0v) is 12.0. The summed E-state index contributed by atoms with van der Waals surface area (Å²) in [6, 6.07) is 0.554. The number of nitrogens with one attached hydrogen (secondary N) is 1. The molecule has 0 amide bonds. The lowest BCUT2D eigenvalue weighted by molar-refractivity contribution is -0.0630. The molecule has 1 aliphatic heterocycles. The van der Waals surface area contributed by atoms with Gasteiger partial charge in [0.05, 0.1) is 11.3 Å². The zero-order valence-electron chi connectivity index (χ0n) is 12.0. The van der Waals surface area contributed by atoms with Crippen LogP contribution in [0.1, 0.15) is 44.9 Å². The van der Waals surface area contributed by atoms with Gasteiger partial charge in [0.2, 0.25) is 0 Å². The number of aromatic nitrogens is 2. The third-order valence-corrected chi connectivity index (χ3v) is 3.60. The van der Waals surface area contributed by atoms with Crippen molar-refractivity contribution in [1.82, 2.24) is 15.1 Å². The van der Waals surface area contributed by atoms with E-state index < -0.39 is 0 Å². The van der Waals surface area contributed by atoms with E-state index >= 15 is 0 Å². The second kappa shape index (κ2) is 5.41. The van der Waals surface area contributed by atoms with Crippen LogP contribution in [0, 0.1) is 0 Å². The van der Waals surface area contributed by atoms with Crippen LogP contribution >= 0.6 is 0 Å². The topological polar surface area (TPSA) is 39.1 Å². The van der Waals surface area contributed by atoms with E-state index in [4.69, 9.17) is 4.74 Å². The molecule has 1 atom stereocenters. The van der Waals surface area contributed by atoms with Crippen molar-refractivity contribution in [1.29, 1.82) is 0 Å². The molecule has 1 N–H and O–H groups in total. The summed E-state index contributed by atoms with van der Waals surface area (Å²) in [6.45, 7) is 8.27. The Morgan fingerprint density at radius 2 is 2.33 bits per heavy atom. The van der Waals surface area contributed by atoms with Gasteiger partial charge in [0.1, 0.15) is 0 Å². The lowest BCUT2D eigenvalue weighted by Crippen LogP contribution is -2.43. The van der Waals surface area contributed by atoms with Gasteiger partial charge in [0.25, 0.3) is 0 Å². The van der Waals surface area contributed by atoms with E-state index in [0.717, 1.165) is 32.4 Å². The molecule has 1 aliphatic rings. The van der Waals surface area contributed by atoms with Crippen LogP contribution in [0.4, 0.5) is 0 Å². The minimum Gasteiger partial charge on any atom is -0.375 e. The molecule has 0 bridgehead atoms. The molecule has 0 saturated carbocycles. The number of hydrogen-bond acceptors (Lipinski definition) is 3. The number of nitrogens with zero attached hydrogens (tertiary/aromatic N) is 2. The van der Waals surface area contributed by atoms with Crippen LogP contribution < -0.4 is 5.32 Å². The largest absolute Gasteiger partial charge is 0.375 e. The average molecular weight is 251 g/mol. The first-order chi connectivity index (χ1) is 8.50. The summed E-state index contributed by atoms with van der Waals surface area (Å²) < 4.78 is 7.65. The SMILES string of the molecule is CCc1nn(C)cc1CNC1CCOC(C)(C)C1. The maximum atomic E-state index is 5.74. The normalized spacial score (nSPS) is 23.2. The van der Waals surface area contributed by atoms with E-state index in [1.165, 1.54) is 11.3 Å². The standard InChI is InChI=1S/C14H25N3O/c1-5-13-11(10-17(4)16-13)9-15-12-6-7-18-14(2,3)8-12/h10,12,15H,5-9H2,1-4H3. The molecule has 4 heteroatoms. The highest BCUT2D eigenvalue weighted by Gasteiger charge is 2.28. The molecule has 1 unspecified atom stereocenters. The van der Waals surface area contributed by atoms with E-state index in [0.29, 0.717) is 6.04 Å². The Morgan fingerprint density at radius 3 is 3.00 bits per heavy atom. The van der Waals surface area contributed by atoms with Crippen molar-refractivity contribution in [3.05, 3.63) is 17.5 Å². The van der Waals surface area contributed by atoms with Crippen molar-refractivity contribution in [3.8, 4) is 0 Å². The van der Waals surface area contributed by atoms with Crippen LogP contribution in [0.15, 0.2) is 6.20 Å². The first-order valence-electron chi connectivity index (χ1n) is 6.89. The molecule has 1 aromatic rings. The van der Waals surface area contributed by atoms with Crippen LogP contribution in [0.2, 0.25) is 0 Å². The van der Waals surface area contributed by atoms with Gasteiger partial charge in [-0.2, -0.15) is 5.10 Å². The average Bonchev–Trinajstić information content (AvgIpc) is 2.66. The highest BCUT2D eigenvalue weighted by molar-refractivity contribution is 5.16.